The molecule has 13 heavy (non-hydrogen) atoms. The highest BCUT2D eigenvalue weighted by Gasteiger charge is 2.15. The Morgan fingerprint density at radius 1 is 1.38 bits per heavy atom. The summed E-state index contributed by atoms with van der Waals surface area (Å²) in [5, 5.41) is 3.60. The molecule has 5 nitrogen and oxygen atoms in total. The van der Waals surface area contributed by atoms with Crippen LogP contribution in [0, 0.1) is 0 Å². The lowest BCUT2D eigenvalue weighted by Gasteiger charge is -2.26. The van der Waals surface area contributed by atoms with E-state index in [4.69, 9.17) is 4.84 Å². The van der Waals surface area contributed by atoms with Gasteiger partial charge in [0, 0.05) is 6.54 Å². The predicted molar refractivity (Wildman–Crippen MR) is 47.7 cm³/mol. The Hall–Kier alpha value is -1.10. The summed E-state index contributed by atoms with van der Waals surface area (Å²) >= 11 is 0. The highest BCUT2D eigenvalue weighted by atomic mass is 16.7. The molecule has 0 aromatic carbocycles. The SMILES string of the molecule is CC(C)(C)ON(C=O)CCNC=O. The van der Waals surface area contributed by atoms with E-state index >= 15 is 0 Å². The van der Waals surface area contributed by atoms with Crippen molar-refractivity contribution >= 4 is 12.8 Å². The van der Waals surface area contributed by atoms with Gasteiger partial charge in [-0.1, -0.05) is 0 Å². The van der Waals surface area contributed by atoms with Crippen molar-refractivity contribution in [1.29, 1.82) is 0 Å². The Morgan fingerprint density at radius 2 is 2.00 bits per heavy atom. The van der Waals surface area contributed by atoms with Crippen LogP contribution in [0.3, 0.4) is 0 Å². The summed E-state index contributed by atoms with van der Waals surface area (Å²) in [6, 6.07) is 0. The third-order valence-electron chi connectivity index (χ3n) is 1.07. The minimum absolute atomic E-state index is 0.347. The molecule has 0 aromatic rings. The van der Waals surface area contributed by atoms with Crippen LogP contribution >= 0.6 is 0 Å². The highest BCUT2D eigenvalue weighted by Crippen LogP contribution is 2.08. The molecule has 0 aliphatic carbocycles. The fourth-order valence-electron chi connectivity index (χ4n) is 0.705. The Bertz CT molecular complexity index is 165. The molecule has 0 aliphatic rings. The third kappa shape index (κ3) is 7.27. The van der Waals surface area contributed by atoms with Gasteiger partial charge in [0.1, 0.15) is 0 Å². The van der Waals surface area contributed by atoms with E-state index in [2.05, 4.69) is 5.32 Å². The molecule has 0 fully saturated rings. The van der Waals surface area contributed by atoms with Gasteiger partial charge in [-0.3, -0.25) is 14.4 Å². The van der Waals surface area contributed by atoms with Gasteiger partial charge in [-0.15, -0.1) is 0 Å². The number of nitrogens with zero attached hydrogens (tertiary/aromatic N) is 1. The number of hydroxylamine groups is 2. The van der Waals surface area contributed by atoms with Crippen LogP contribution in [0.2, 0.25) is 0 Å². The van der Waals surface area contributed by atoms with Crippen molar-refractivity contribution in [3.05, 3.63) is 0 Å². The summed E-state index contributed by atoms with van der Waals surface area (Å²) in [7, 11) is 0. The first-order valence-corrected chi connectivity index (χ1v) is 4.07. The van der Waals surface area contributed by atoms with E-state index in [1.165, 1.54) is 0 Å². The molecule has 0 aliphatic heterocycles. The lowest BCUT2D eigenvalue weighted by Crippen LogP contribution is -2.37. The summed E-state index contributed by atoms with van der Waals surface area (Å²) < 4.78 is 0. The predicted octanol–water partition coefficient (Wildman–Crippen LogP) is -0.0791. The van der Waals surface area contributed by atoms with Gasteiger partial charge in [0.05, 0.1) is 12.1 Å². The van der Waals surface area contributed by atoms with E-state index in [0.717, 1.165) is 5.06 Å². The maximum atomic E-state index is 10.5. The average molecular weight is 188 g/mol. The lowest BCUT2D eigenvalue weighted by atomic mass is 10.2. The van der Waals surface area contributed by atoms with E-state index in [1.54, 1.807) is 0 Å². The first-order chi connectivity index (χ1) is 5.99. The molecule has 1 N–H and O–H groups in total. The Balaban J connectivity index is 3.76. The van der Waals surface area contributed by atoms with Crippen molar-refractivity contribution in [3.63, 3.8) is 0 Å². The van der Waals surface area contributed by atoms with Gasteiger partial charge < -0.3 is 5.32 Å². The maximum absolute atomic E-state index is 10.5. The number of amides is 2. The standard InChI is InChI=1S/C8H16N2O3/c1-8(2,3)13-10(7-12)5-4-9-6-11/h6-7H,4-5H2,1-3H3,(H,9,11). The molecule has 0 rings (SSSR count). The summed E-state index contributed by atoms with van der Waals surface area (Å²) in [5.74, 6) is 0. The van der Waals surface area contributed by atoms with Gasteiger partial charge in [0.2, 0.25) is 12.8 Å². The number of carbonyl (C=O) groups is 2. The lowest BCUT2D eigenvalue weighted by molar-refractivity contribution is -0.215. The van der Waals surface area contributed by atoms with E-state index < -0.39 is 5.60 Å². The molecule has 0 heterocycles. The molecule has 76 valence electrons. The maximum Gasteiger partial charge on any atom is 0.233 e. The number of nitrogens with one attached hydrogen (secondary N) is 1. The smallest absolute Gasteiger partial charge is 0.233 e. The normalized spacial score (nSPS) is 10.7. The highest BCUT2D eigenvalue weighted by molar-refractivity contribution is 5.47. The molecule has 2 amide bonds. The van der Waals surface area contributed by atoms with Gasteiger partial charge in [-0.25, -0.2) is 5.06 Å². The largest absolute Gasteiger partial charge is 0.357 e. The first-order valence-electron chi connectivity index (χ1n) is 4.07. The summed E-state index contributed by atoms with van der Waals surface area (Å²) in [6.07, 6.45) is 1.18. The minimum Gasteiger partial charge on any atom is -0.357 e. The molecular formula is C8H16N2O3. The zero-order chi connectivity index (χ0) is 10.3. The van der Waals surface area contributed by atoms with Crippen molar-refractivity contribution in [2.75, 3.05) is 13.1 Å². The van der Waals surface area contributed by atoms with Crippen molar-refractivity contribution in [3.8, 4) is 0 Å². The molecule has 0 spiro atoms. The fourth-order valence-corrected chi connectivity index (χ4v) is 0.705. The van der Waals surface area contributed by atoms with Crippen LogP contribution in [0.15, 0.2) is 0 Å². The van der Waals surface area contributed by atoms with Crippen LogP contribution in [0.4, 0.5) is 0 Å². The van der Waals surface area contributed by atoms with Crippen LogP contribution in [-0.4, -0.2) is 36.6 Å². The molecule has 0 unspecified atom stereocenters. The second kappa shape index (κ2) is 5.53. The van der Waals surface area contributed by atoms with Crippen LogP contribution in [0.1, 0.15) is 20.8 Å². The van der Waals surface area contributed by atoms with E-state index in [0.29, 0.717) is 25.9 Å². The van der Waals surface area contributed by atoms with Crippen molar-refractivity contribution in [2.45, 2.75) is 26.4 Å². The topological polar surface area (TPSA) is 58.6 Å². The zero-order valence-corrected chi connectivity index (χ0v) is 8.24. The van der Waals surface area contributed by atoms with Crippen LogP contribution in [-0.2, 0) is 14.4 Å². The van der Waals surface area contributed by atoms with Crippen molar-refractivity contribution in [2.24, 2.45) is 0 Å². The molecule has 0 bridgehead atoms. The molecule has 0 aromatic heterocycles. The molecule has 5 heteroatoms. The zero-order valence-electron chi connectivity index (χ0n) is 8.24. The van der Waals surface area contributed by atoms with Crippen LogP contribution < -0.4 is 5.32 Å². The number of hydrogen-bond donors (Lipinski definition) is 1. The van der Waals surface area contributed by atoms with Crippen LogP contribution in [0.5, 0.6) is 0 Å². The van der Waals surface area contributed by atoms with Gasteiger partial charge in [-0.2, -0.15) is 0 Å². The van der Waals surface area contributed by atoms with E-state index in [9.17, 15) is 9.59 Å². The minimum atomic E-state index is -0.401. The Kier molecular flexibility index (Phi) is 5.06. The Morgan fingerprint density at radius 3 is 2.38 bits per heavy atom. The van der Waals surface area contributed by atoms with Crippen LogP contribution in [0.25, 0.3) is 0 Å². The quantitative estimate of drug-likeness (QED) is 0.360. The second-order valence-electron chi connectivity index (χ2n) is 3.52. The third-order valence-corrected chi connectivity index (χ3v) is 1.07. The van der Waals surface area contributed by atoms with Crippen molar-refractivity contribution in [1.82, 2.24) is 10.4 Å². The van der Waals surface area contributed by atoms with E-state index in [-0.39, 0.29) is 0 Å². The molecule has 0 saturated carbocycles. The number of rotatable bonds is 6. The fraction of sp³-hybridized carbons (Fsp3) is 0.750. The summed E-state index contributed by atoms with van der Waals surface area (Å²) in [4.78, 5) is 25.6. The van der Waals surface area contributed by atoms with E-state index in [1.807, 2.05) is 20.8 Å². The van der Waals surface area contributed by atoms with Gasteiger partial charge in [0.15, 0.2) is 0 Å². The van der Waals surface area contributed by atoms with Gasteiger partial charge >= 0.3 is 0 Å². The summed E-state index contributed by atoms with van der Waals surface area (Å²) in [5.41, 5.74) is -0.401. The molecular weight excluding hydrogens is 172 g/mol. The van der Waals surface area contributed by atoms with Gasteiger partial charge in [-0.05, 0) is 20.8 Å². The number of hydrogen-bond acceptors (Lipinski definition) is 3. The number of carbonyl (C=O) groups excluding carboxylic acids is 2. The molecule has 0 radical (unpaired) electrons. The first kappa shape index (κ1) is 11.9. The summed E-state index contributed by atoms with van der Waals surface area (Å²) in [6.45, 7) is 6.27. The second-order valence-corrected chi connectivity index (χ2v) is 3.52. The average Bonchev–Trinajstić information content (AvgIpc) is 2.01. The monoisotopic (exact) mass is 188 g/mol. The Labute approximate surface area is 78.0 Å². The van der Waals surface area contributed by atoms with Gasteiger partial charge in [0.25, 0.3) is 0 Å². The molecule has 0 saturated heterocycles. The van der Waals surface area contributed by atoms with Crippen molar-refractivity contribution < 1.29 is 14.4 Å². The molecule has 0 atom stereocenters.